The molecule has 1 heterocycles. The van der Waals surface area contributed by atoms with Gasteiger partial charge in [-0.3, -0.25) is 0 Å². The van der Waals surface area contributed by atoms with E-state index in [4.69, 9.17) is 20.4 Å². The van der Waals surface area contributed by atoms with Crippen molar-refractivity contribution in [3.8, 4) is 0 Å². The lowest BCUT2D eigenvalue weighted by atomic mass is 10.1. The Morgan fingerprint density at radius 2 is 1.60 bits per heavy atom. The minimum Gasteiger partial charge on any atom is -0.388 e. The summed E-state index contributed by atoms with van der Waals surface area (Å²) in [4.78, 5) is 0. The standard InChI is InChI=1S/C5H10O5/c6-2-1-10-5(9)4(8)3(2)7/h2-9H,1H2/t2-,3-,4?,5?/m0/s1. The molecule has 5 nitrogen and oxygen atoms in total. The zero-order valence-corrected chi connectivity index (χ0v) is 5.21. The van der Waals surface area contributed by atoms with Crippen LogP contribution in [0, 0.1) is 0 Å². The highest BCUT2D eigenvalue weighted by Crippen LogP contribution is 2.12. The third kappa shape index (κ3) is 1.28. The molecule has 4 atom stereocenters. The summed E-state index contributed by atoms with van der Waals surface area (Å²) in [5.74, 6) is 0. The number of ether oxygens (including phenoxy) is 1. The number of aliphatic hydroxyl groups excluding tert-OH is 4. The summed E-state index contributed by atoms with van der Waals surface area (Å²) >= 11 is 0. The molecule has 0 spiro atoms. The molecule has 0 aliphatic carbocycles. The van der Waals surface area contributed by atoms with Gasteiger partial charge in [0.25, 0.3) is 0 Å². The van der Waals surface area contributed by atoms with Crippen molar-refractivity contribution < 1.29 is 25.2 Å². The molecule has 1 aliphatic rings. The van der Waals surface area contributed by atoms with Gasteiger partial charge in [0.05, 0.1) is 6.61 Å². The van der Waals surface area contributed by atoms with Crippen molar-refractivity contribution in [1.29, 1.82) is 0 Å². The highest BCUT2D eigenvalue weighted by Gasteiger charge is 2.36. The van der Waals surface area contributed by atoms with Gasteiger partial charge in [-0.25, -0.2) is 0 Å². The van der Waals surface area contributed by atoms with Crippen LogP contribution in [0.25, 0.3) is 0 Å². The van der Waals surface area contributed by atoms with Crippen molar-refractivity contribution in [2.24, 2.45) is 0 Å². The summed E-state index contributed by atoms with van der Waals surface area (Å²) < 4.78 is 4.47. The molecule has 0 amide bonds. The molecule has 0 saturated carbocycles. The van der Waals surface area contributed by atoms with Crippen molar-refractivity contribution >= 4 is 0 Å². The quantitative estimate of drug-likeness (QED) is 0.304. The van der Waals surface area contributed by atoms with Gasteiger partial charge in [0, 0.05) is 0 Å². The molecule has 1 rings (SSSR count). The van der Waals surface area contributed by atoms with E-state index in [9.17, 15) is 0 Å². The smallest absolute Gasteiger partial charge is 0.183 e. The third-order valence-corrected chi connectivity index (χ3v) is 1.47. The molecule has 2 unspecified atom stereocenters. The number of hydrogen-bond donors (Lipinski definition) is 4. The second kappa shape index (κ2) is 2.81. The maximum Gasteiger partial charge on any atom is 0.183 e. The topological polar surface area (TPSA) is 90.2 Å². The molecule has 4 N–H and O–H groups in total. The molecule has 0 aromatic heterocycles. The number of rotatable bonds is 0. The fraction of sp³-hybridized carbons (Fsp3) is 1.00. The van der Waals surface area contributed by atoms with Crippen molar-refractivity contribution in [2.75, 3.05) is 6.61 Å². The van der Waals surface area contributed by atoms with E-state index in [-0.39, 0.29) is 6.61 Å². The van der Waals surface area contributed by atoms with Gasteiger partial charge in [0.2, 0.25) is 0 Å². The van der Waals surface area contributed by atoms with Crippen molar-refractivity contribution in [3.05, 3.63) is 0 Å². The van der Waals surface area contributed by atoms with Crippen LogP contribution in [-0.4, -0.2) is 51.6 Å². The molecule has 1 fully saturated rings. The average molecular weight is 150 g/mol. The maximum atomic E-state index is 8.88. The predicted molar refractivity (Wildman–Crippen MR) is 30.0 cm³/mol. The normalized spacial score (nSPS) is 49.2. The lowest BCUT2D eigenvalue weighted by Gasteiger charge is -2.31. The van der Waals surface area contributed by atoms with Crippen LogP contribution in [0.15, 0.2) is 0 Å². The Labute approximate surface area is 57.5 Å². The molecular formula is C5H10O5. The first-order chi connectivity index (χ1) is 4.63. The summed E-state index contributed by atoms with van der Waals surface area (Å²) in [6, 6.07) is 0. The second-order valence-electron chi connectivity index (χ2n) is 2.27. The van der Waals surface area contributed by atoms with Gasteiger partial charge in [-0.05, 0) is 0 Å². The molecule has 1 saturated heterocycles. The largest absolute Gasteiger partial charge is 0.388 e. The Bertz CT molecular complexity index is 103. The Balaban J connectivity index is 2.52. The molecular weight excluding hydrogens is 140 g/mol. The molecule has 10 heavy (non-hydrogen) atoms. The molecule has 0 radical (unpaired) electrons. The SMILES string of the molecule is OC1OC[C@H](O)[C@H](O)C1O. The summed E-state index contributed by atoms with van der Waals surface area (Å²) in [7, 11) is 0. The van der Waals surface area contributed by atoms with E-state index in [0.717, 1.165) is 0 Å². The zero-order valence-electron chi connectivity index (χ0n) is 5.21. The first kappa shape index (κ1) is 7.90. The third-order valence-electron chi connectivity index (χ3n) is 1.47. The molecule has 0 aromatic carbocycles. The summed E-state index contributed by atoms with van der Waals surface area (Å²) in [5.41, 5.74) is 0. The van der Waals surface area contributed by atoms with Crippen LogP contribution in [0.5, 0.6) is 0 Å². The maximum absolute atomic E-state index is 8.88. The van der Waals surface area contributed by atoms with Crippen molar-refractivity contribution in [3.63, 3.8) is 0 Å². The predicted octanol–water partition coefficient (Wildman–Crippen LogP) is -2.58. The van der Waals surface area contributed by atoms with E-state index in [1.807, 2.05) is 0 Å². The molecule has 0 bridgehead atoms. The fourth-order valence-electron chi connectivity index (χ4n) is 0.791. The van der Waals surface area contributed by atoms with Gasteiger partial charge in [-0.2, -0.15) is 0 Å². The molecule has 5 heteroatoms. The lowest BCUT2D eigenvalue weighted by Crippen LogP contribution is -2.52. The van der Waals surface area contributed by atoms with Gasteiger partial charge in [0.15, 0.2) is 6.29 Å². The summed E-state index contributed by atoms with van der Waals surface area (Å²) in [6.07, 6.45) is -5.23. The second-order valence-corrected chi connectivity index (χ2v) is 2.27. The van der Waals surface area contributed by atoms with Crippen LogP contribution >= 0.6 is 0 Å². The van der Waals surface area contributed by atoms with Crippen LogP contribution in [0.1, 0.15) is 0 Å². The minimum absolute atomic E-state index is 0.153. The van der Waals surface area contributed by atoms with Gasteiger partial charge in [-0.1, -0.05) is 0 Å². The molecule has 60 valence electrons. The van der Waals surface area contributed by atoms with E-state index >= 15 is 0 Å². The van der Waals surface area contributed by atoms with Crippen LogP contribution in [0.2, 0.25) is 0 Å². The van der Waals surface area contributed by atoms with Gasteiger partial charge < -0.3 is 25.2 Å². The van der Waals surface area contributed by atoms with E-state index in [0.29, 0.717) is 0 Å². The fourth-order valence-corrected chi connectivity index (χ4v) is 0.791. The number of aliphatic hydroxyl groups is 4. The van der Waals surface area contributed by atoms with Crippen molar-refractivity contribution in [1.82, 2.24) is 0 Å². The Hall–Kier alpha value is -0.200. The van der Waals surface area contributed by atoms with Crippen LogP contribution in [0.3, 0.4) is 0 Å². The van der Waals surface area contributed by atoms with E-state index in [1.54, 1.807) is 0 Å². The van der Waals surface area contributed by atoms with E-state index in [2.05, 4.69) is 4.74 Å². The lowest BCUT2D eigenvalue weighted by molar-refractivity contribution is -0.252. The minimum atomic E-state index is -1.41. The van der Waals surface area contributed by atoms with Crippen LogP contribution in [0.4, 0.5) is 0 Å². The van der Waals surface area contributed by atoms with Gasteiger partial charge in [0.1, 0.15) is 18.3 Å². The summed E-state index contributed by atoms with van der Waals surface area (Å²) in [6.45, 7) is -0.153. The van der Waals surface area contributed by atoms with Crippen LogP contribution < -0.4 is 0 Å². The van der Waals surface area contributed by atoms with Gasteiger partial charge in [-0.15, -0.1) is 0 Å². The molecule has 1 aliphatic heterocycles. The Morgan fingerprint density at radius 3 is 2.10 bits per heavy atom. The Kier molecular flexibility index (Phi) is 2.22. The monoisotopic (exact) mass is 150 g/mol. The zero-order chi connectivity index (χ0) is 7.72. The number of hydrogen-bond acceptors (Lipinski definition) is 5. The first-order valence-corrected chi connectivity index (χ1v) is 2.97. The first-order valence-electron chi connectivity index (χ1n) is 2.97. The Morgan fingerprint density at radius 1 is 1.00 bits per heavy atom. The van der Waals surface area contributed by atoms with E-state index in [1.165, 1.54) is 0 Å². The van der Waals surface area contributed by atoms with E-state index < -0.39 is 24.6 Å². The highest BCUT2D eigenvalue weighted by atomic mass is 16.6. The average Bonchev–Trinajstić information content (AvgIpc) is 1.93. The van der Waals surface area contributed by atoms with Crippen molar-refractivity contribution in [2.45, 2.75) is 24.6 Å². The van der Waals surface area contributed by atoms with Gasteiger partial charge >= 0.3 is 0 Å². The highest BCUT2D eigenvalue weighted by molar-refractivity contribution is 4.81. The van der Waals surface area contributed by atoms with Crippen LogP contribution in [-0.2, 0) is 4.74 Å². The summed E-state index contributed by atoms with van der Waals surface area (Å²) in [5, 5.41) is 35.3. The molecule has 0 aromatic rings.